The Morgan fingerprint density at radius 2 is 2.11 bits per heavy atom. The van der Waals surface area contributed by atoms with Crippen molar-refractivity contribution in [1.82, 2.24) is 0 Å². The molecule has 2 N–H and O–H groups in total. The van der Waals surface area contributed by atoms with E-state index in [0.29, 0.717) is 11.0 Å². The average molecular weight is 347 g/mol. The molecule has 0 saturated carbocycles. The summed E-state index contributed by atoms with van der Waals surface area (Å²) in [5, 5.41) is 3.71. The van der Waals surface area contributed by atoms with E-state index in [0.717, 1.165) is 5.56 Å². The Morgan fingerprint density at radius 1 is 1.42 bits per heavy atom. The molecular formula is C12H15BrN2O3S. The second kappa shape index (κ2) is 6.02. The summed E-state index contributed by atoms with van der Waals surface area (Å²) >= 11 is 3.20. The van der Waals surface area contributed by atoms with Gasteiger partial charge in [-0.1, -0.05) is 35.5 Å². The zero-order valence-electron chi connectivity index (χ0n) is 10.2. The average Bonchev–Trinajstić information content (AvgIpc) is 2.76. The Balaban J connectivity index is 1.94. The molecule has 0 unspecified atom stereocenters. The van der Waals surface area contributed by atoms with Gasteiger partial charge in [-0.3, -0.25) is 0 Å². The fourth-order valence-corrected chi connectivity index (χ4v) is 3.90. The molecule has 7 heteroatoms. The van der Waals surface area contributed by atoms with Gasteiger partial charge in [0.25, 0.3) is 0 Å². The third-order valence-electron chi connectivity index (χ3n) is 2.81. The summed E-state index contributed by atoms with van der Waals surface area (Å²) < 4.78 is 24.8. The Bertz CT molecular complexity index is 560. The molecule has 0 spiro atoms. The molecule has 1 aliphatic rings. The van der Waals surface area contributed by atoms with E-state index in [4.69, 9.17) is 10.6 Å². The minimum absolute atomic E-state index is 0.00368. The van der Waals surface area contributed by atoms with E-state index in [1.165, 1.54) is 0 Å². The minimum atomic E-state index is -3.26. The number of sulfone groups is 1. The van der Waals surface area contributed by atoms with Crippen molar-refractivity contribution >= 4 is 30.4 Å². The van der Waals surface area contributed by atoms with Gasteiger partial charge in [0.1, 0.15) is 10.7 Å². The fraction of sp³-hybridized carbons (Fsp3) is 0.417. The molecule has 0 aliphatic carbocycles. The van der Waals surface area contributed by atoms with Crippen molar-refractivity contribution in [3.05, 3.63) is 35.9 Å². The third kappa shape index (κ3) is 4.29. The van der Waals surface area contributed by atoms with Crippen LogP contribution in [0.15, 0.2) is 35.5 Å². The van der Waals surface area contributed by atoms with Crippen LogP contribution in [0.3, 0.4) is 0 Å². The number of benzene rings is 1. The smallest absolute Gasteiger partial charge is 0.156 e. The van der Waals surface area contributed by atoms with E-state index in [9.17, 15) is 8.42 Å². The Morgan fingerprint density at radius 3 is 2.68 bits per heavy atom. The number of hydrogen-bond acceptors (Lipinski definition) is 5. The number of rotatable bonds is 5. The van der Waals surface area contributed by atoms with Crippen molar-refractivity contribution in [2.75, 3.05) is 5.75 Å². The van der Waals surface area contributed by atoms with Crippen LogP contribution in [0.2, 0.25) is 0 Å². The molecule has 1 aliphatic heterocycles. The summed E-state index contributed by atoms with van der Waals surface area (Å²) in [5.41, 5.74) is 6.65. The van der Waals surface area contributed by atoms with Crippen LogP contribution in [0.4, 0.5) is 0 Å². The Hall–Kier alpha value is -0.920. The predicted molar refractivity (Wildman–Crippen MR) is 77.8 cm³/mol. The lowest BCUT2D eigenvalue weighted by molar-refractivity contribution is 0.0709. The van der Waals surface area contributed by atoms with Crippen molar-refractivity contribution in [3.8, 4) is 0 Å². The largest absolute Gasteiger partial charge is 0.390 e. The molecule has 1 heterocycles. The molecule has 2 atom stereocenters. The first-order chi connectivity index (χ1) is 8.96. The number of nitrogens with two attached hydrogens (primary N) is 1. The van der Waals surface area contributed by atoms with Crippen molar-refractivity contribution in [2.24, 2.45) is 10.9 Å². The molecule has 104 valence electrons. The SMILES string of the molecule is N[C@H](CS(=O)(=O)Cc1ccccc1)[C@@H]1CC(Br)=NO1. The maximum absolute atomic E-state index is 12.1. The normalized spacial score (nSPS) is 20.7. The van der Waals surface area contributed by atoms with Crippen LogP contribution in [-0.2, 0) is 20.4 Å². The monoisotopic (exact) mass is 346 g/mol. The molecule has 0 radical (unpaired) electrons. The highest BCUT2D eigenvalue weighted by atomic mass is 79.9. The summed E-state index contributed by atoms with van der Waals surface area (Å²) in [7, 11) is -3.26. The van der Waals surface area contributed by atoms with E-state index >= 15 is 0 Å². The van der Waals surface area contributed by atoms with Gasteiger partial charge in [-0.2, -0.15) is 0 Å². The number of hydrogen-bond donors (Lipinski definition) is 1. The van der Waals surface area contributed by atoms with E-state index in [1.54, 1.807) is 12.1 Å². The van der Waals surface area contributed by atoms with Gasteiger partial charge in [0.15, 0.2) is 9.84 Å². The minimum Gasteiger partial charge on any atom is -0.390 e. The second-order valence-electron chi connectivity index (χ2n) is 4.52. The second-order valence-corrected chi connectivity index (χ2v) is 7.54. The van der Waals surface area contributed by atoms with Gasteiger partial charge < -0.3 is 10.6 Å². The van der Waals surface area contributed by atoms with E-state index in [-0.39, 0.29) is 17.6 Å². The molecule has 5 nitrogen and oxygen atoms in total. The first-order valence-corrected chi connectivity index (χ1v) is 8.46. The number of nitrogens with zero attached hydrogens (tertiary/aromatic N) is 1. The maximum atomic E-state index is 12.1. The molecule has 19 heavy (non-hydrogen) atoms. The van der Waals surface area contributed by atoms with Crippen molar-refractivity contribution in [2.45, 2.75) is 24.3 Å². The van der Waals surface area contributed by atoms with Crippen molar-refractivity contribution < 1.29 is 13.3 Å². The van der Waals surface area contributed by atoms with Crippen molar-refractivity contribution in [1.29, 1.82) is 0 Å². The summed E-state index contributed by atoms with van der Waals surface area (Å²) in [6.45, 7) is 0. The van der Waals surface area contributed by atoms with E-state index in [2.05, 4.69) is 21.1 Å². The van der Waals surface area contributed by atoms with Gasteiger partial charge in [-0.05, 0) is 21.5 Å². The van der Waals surface area contributed by atoms with Crippen LogP contribution in [0.5, 0.6) is 0 Å². The van der Waals surface area contributed by atoms with Crippen LogP contribution in [-0.4, -0.2) is 30.9 Å². The first kappa shape index (κ1) is 14.5. The zero-order chi connectivity index (χ0) is 13.9. The van der Waals surface area contributed by atoms with Gasteiger partial charge in [-0.25, -0.2) is 8.42 Å². The van der Waals surface area contributed by atoms with Gasteiger partial charge in [0.2, 0.25) is 0 Å². The molecule has 0 fully saturated rings. The molecule has 2 rings (SSSR count). The molecule has 0 amide bonds. The van der Waals surface area contributed by atoms with E-state index < -0.39 is 15.9 Å². The third-order valence-corrected chi connectivity index (χ3v) is 4.94. The summed E-state index contributed by atoms with van der Waals surface area (Å²) in [6.07, 6.45) is 0.141. The van der Waals surface area contributed by atoms with Crippen LogP contribution in [0, 0.1) is 0 Å². The summed E-state index contributed by atoms with van der Waals surface area (Å²) in [4.78, 5) is 5.07. The molecule has 0 aromatic heterocycles. The standard InChI is InChI=1S/C12H15BrN2O3S/c13-12-6-11(18-15-12)10(14)8-19(16,17)7-9-4-2-1-3-5-9/h1-5,10-11H,6-8,14H2/t10-,11+/m1/s1. The molecule has 1 aromatic carbocycles. The molecule has 1 aromatic rings. The Kier molecular flexibility index (Phi) is 4.59. The van der Waals surface area contributed by atoms with Gasteiger partial charge in [0.05, 0.1) is 17.5 Å². The van der Waals surface area contributed by atoms with Crippen LogP contribution >= 0.6 is 15.9 Å². The zero-order valence-corrected chi connectivity index (χ0v) is 12.6. The highest BCUT2D eigenvalue weighted by molar-refractivity contribution is 9.18. The van der Waals surface area contributed by atoms with Gasteiger partial charge >= 0.3 is 0 Å². The topological polar surface area (TPSA) is 81.8 Å². The fourth-order valence-electron chi connectivity index (χ4n) is 1.88. The number of oxime groups is 1. The Labute approximate surface area is 120 Å². The first-order valence-electron chi connectivity index (χ1n) is 5.84. The quantitative estimate of drug-likeness (QED) is 0.874. The summed E-state index contributed by atoms with van der Waals surface area (Å²) in [6, 6.07) is 8.48. The lowest BCUT2D eigenvalue weighted by Gasteiger charge is -2.17. The van der Waals surface area contributed by atoms with Gasteiger partial charge in [-0.15, -0.1) is 0 Å². The lowest BCUT2D eigenvalue weighted by Crippen LogP contribution is -2.41. The molecular weight excluding hydrogens is 332 g/mol. The number of halogens is 1. The highest BCUT2D eigenvalue weighted by Gasteiger charge is 2.29. The van der Waals surface area contributed by atoms with Crippen LogP contribution in [0.1, 0.15) is 12.0 Å². The highest BCUT2D eigenvalue weighted by Crippen LogP contribution is 2.18. The van der Waals surface area contributed by atoms with Crippen LogP contribution in [0.25, 0.3) is 0 Å². The van der Waals surface area contributed by atoms with E-state index in [1.807, 2.05) is 18.2 Å². The molecule has 0 bridgehead atoms. The van der Waals surface area contributed by atoms with Crippen molar-refractivity contribution in [3.63, 3.8) is 0 Å². The van der Waals surface area contributed by atoms with Crippen LogP contribution < -0.4 is 5.73 Å². The van der Waals surface area contributed by atoms with Gasteiger partial charge in [0, 0.05) is 6.42 Å². The maximum Gasteiger partial charge on any atom is 0.156 e. The summed E-state index contributed by atoms with van der Waals surface area (Å²) in [5.74, 6) is -0.112. The predicted octanol–water partition coefficient (Wildman–Crippen LogP) is 1.43. The molecule has 0 saturated heterocycles. The lowest BCUT2D eigenvalue weighted by atomic mass is 10.1.